The van der Waals surface area contributed by atoms with Crippen LogP contribution < -0.4 is 5.32 Å². The zero-order chi connectivity index (χ0) is 9.80. The highest BCUT2D eigenvalue weighted by Gasteiger charge is 2.13. The van der Waals surface area contributed by atoms with Gasteiger partial charge < -0.3 is 9.73 Å². The number of rotatable bonds is 2. The van der Waals surface area contributed by atoms with E-state index in [4.69, 9.17) is 4.42 Å². The molecule has 1 aromatic heterocycles. The summed E-state index contributed by atoms with van der Waals surface area (Å²) < 4.78 is 5.29. The van der Waals surface area contributed by atoms with Crippen LogP contribution in [0.2, 0.25) is 0 Å². The quantitative estimate of drug-likeness (QED) is 0.735. The first-order valence-electron chi connectivity index (χ1n) is 5.53. The van der Waals surface area contributed by atoms with Crippen LogP contribution in [0.5, 0.6) is 0 Å². The van der Waals surface area contributed by atoms with Crippen LogP contribution in [-0.4, -0.2) is 11.0 Å². The van der Waals surface area contributed by atoms with Crippen molar-refractivity contribution in [2.24, 2.45) is 0 Å². The minimum atomic E-state index is 0.565. The van der Waals surface area contributed by atoms with Gasteiger partial charge in [-0.1, -0.05) is 25.7 Å². The van der Waals surface area contributed by atoms with Crippen LogP contribution in [0.3, 0.4) is 0 Å². The summed E-state index contributed by atoms with van der Waals surface area (Å²) in [6, 6.07) is 1.25. The van der Waals surface area contributed by atoms with Crippen molar-refractivity contribution in [2.75, 3.05) is 5.32 Å². The van der Waals surface area contributed by atoms with Crippen LogP contribution in [0, 0.1) is 6.92 Å². The Morgan fingerprint density at radius 1 is 1.29 bits per heavy atom. The third-order valence-corrected chi connectivity index (χ3v) is 2.80. The number of anilines is 1. The van der Waals surface area contributed by atoms with E-state index in [-0.39, 0.29) is 0 Å². The number of aromatic nitrogens is 1. The van der Waals surface area contributed by atoms with Crippen molar-refractivity contribution in [3.8, 4) is 0 Å². The molecular weight excluding hydrogens is 176 g/mol. The van der Waals surface area contributed by atoms with Crippen LogP contribution in [0.1, 0.15) is 44.2 Å². The smallest absolute Gasteiger partial charge is 0.294 e. The molecule has 0 aromatic carbocycles. The van der Waals surface area contributed by atoms with Gasteiger partial charge >= 0.3 is 0 Å². The molecule has 0 saturated heterocycles. The van der Waals surface area contributed by atoms with Gasteiger partial charge in [-0.3, -0.25) is 0 Å². The summed E-state index contributed by atoms with van der Waals surface area (Å²) in [5.74, 6) is 0. The minimum Gasteiger partial charge on any atom is -0.432 e. The molecule has 1 aliphatic rings. The molecule has 1 saturated carbocycles. The first-order valence-corrected chi connectivity index (χ1v) is 5.53. The zero-order valence-corrected chi connectivity index (χ0v) is 8.75. The SMILES string of the molecule is Cc1coc(NC2CCCCCC2)n1. The monoisotopic (exact) mass is 194 g/mol. The Morgan fingerprint density at radius 3 is 2.57 bits per heavy atom. The van der Waals surface area contributed by atoms with Gasteiger partial charge in [0.05, 0.1) is 5.69 Å². The summed E-state index contributed by atoms with van der Waals surface area (Å²) in [6.45, 7) is 1.95. The topological polar surface area (TPSA) is 38.1 Å². The second kappa shape index (κ2) is 4.49. The van der Waals surface area contributed by atoms with E-state index in [0.717, 1.165) is 5.69 Å². The van der Waals surface area contributed by atoms with E-state index in [1.165, 1.54) is 38.5 Å². The fraction of sp³-hybridized carbons (Fsp3) is 0.727. The molecule has 14 heavy (non-hydrogen) atoms. The van der Waals surface area contributed by atoms with E-state index in [1.54, 1.807) is 6.26 Å². The van der Waals surface area contributed by atoms with Crippen molar-refractivity contribution in [1.29, 1.82) is 0 Å². The van der Waals surface area contributed by atoms with Crippen molar-refractivity contribution in [3.63, 3.8) is 0 Å². The third kappa shape index (κ3) is 2.50. The lowest BCUT2D eigenvalue weighted by atomic mass is 10.1. The fourth-order valence-corrected chi connectivity index (χ4v) is 2.02. The average molecular weight is 194 g/mol. The maximum absolute atomic E-state index is 5.29. The number of aryl methyl sites for hydroxylation is 1. The maximum Gasteiger partial charge on any atom is 0.294 e. The second-order valence-corrected chi connectivity index (χ2v) is 4.13. The van der Waals surface area contributed by atoms with E-state index in [2.05, 4.69) is 10.3 Å². The van der Waals surface area contributed by atoms with Gasteiger partial charge in [0, 0.05) is 6.04 Å². The van der Waals surface area contributed by atoms with Crippen LogP contribution in [-0.2, 0) is 0 Å². The maximum atomic E-state index is 5.29. The van der Waals surface area contributed by atoms with Gasteiger partial charge in [-0.15, -0.1) is 0 Å². The lowest BCUT2D eigenvalue weighted by Gasteiger charge is -2.13. The third-order valence-electron chi connectivity index (χ3n) is 2.80. The van der Waals surface area contributed by atoms with Crippen LogP contribution >= 0.6 is 0 Å². The molecular formula is C11H18N2O. The van der Waals surface area contributed by atoms with E-state index in [9.17, 15) is 0 Å². The molecule has 2 rings (SSSR count). The summed E-state index contributed by atoms with van der Waals surface area (Å²) in [5, 5.41) is 3.36. The zero-order valence-electron chi connectivity index (χ0n) is 8.75. The molecule has 0 spiro atoms. The highest BCUT2D eigenvalue weighted by Crippen LogP contribution is 2.20. The molecule has 78 valence electrons. The van der Waals surface area contributed by atoms with Gasteiger partial charge in [0.2, 0.25) is 0 Å². The molecule has 3 heteroatoms. The Labute approximate surface area is 84.9 Å². The van der Waals surface area contributed by atoms with E-state index in [0.29, 0.717) is 12.1 Å². The summed E-state index contributed by atoms with van der Waals surface area (Å²) in [5.41, 5.74) is 0.945. The number of hydrogen-bond acceptors (Lipinski definition) is 3. The minimum absolute atomic E-state index is 0.565. The number of nitrogens with one attached hydrogen (secondary N) is 1. The Hall–Kier alpha value is -0.990. The van der Waals surface area contributed by atoms with Gasteiger partial charge in [0.15, 0.2) is 0 Å². The Bertz CT molecular complexity index is 275. The molecule has 3 nitrogen and oxygen atoms in total. The largest absolute Gasteiger partial charge is 0.432 e. The highest BCUT2D eigenvalue weighted by molar-refractivity contribution is 5.22. The molecule has 0 unspecified atom stereocenters. The molecule has 1 aromatic rings. The molecule has 1 aliphatic carbocycles. The van der Waals surface area contributed by atoms with E-state index >= 15 is 0 Å². The van der Waals surface area contributed by atoms with Crippen molar-refractivity contribution in [2.45, 2.75) is 51.5 Å². The number of oxazole rings is 1. The molecule has 0 bridgehead atoms. The summed E-state index contributed by atoms with van der Waals surface area (Å²) in [6.07, 6.45) is 9.61. The normalized spacial score (nSPS) is 19.2. The standard InChI is InChI=1S/C11H18N2O/c1-9-8-14-11(12-9)13-10-6-4-2-3-5-7-10/h8,10H,2-7H2,1H3,(H,12,13). The predicted octanol–water partition coefficient (Wildman–Crippen LogP) is 3.12. The number of hydrogen-bond donors (Lipinski definition) is 1. The summed E-state index contributed by atoms with van der Waals surface area (Å²) in [7, 11) is 0. The predicted molar refractivity (Wildman–Crippen MR) is 56.4 cm³/mol. The van der Waals surface area contributed by atoms with Gasteiger partial charge in [-0.25, -0.2) is 0 Å². The molecule has 1 N–H and O–H groups in total. The van der Waals surface area contributed by atoms with E-state index < -0.39 is 0 Å². The Kier molecular flexibility index (Phi) is 3.07. The van der Waals surface area contributed by atoms with Crippen LogP contribution in [0.25, 0.3) is 0 Å². The van der Waals surface area contributed by atoms with Gasteiger partial charge in [0.25, 0.3) is 6.01 Å². The fourth-order valence-electron chi connectivity index (χ4n) is 2.02. The summed E-state index contributed by atoms with van der Waals surface area (Å²) >= 11 is 0. The Balaban J connectivity index is 1.89. The van der Waals surface area contributed by atoms with Gasteiger partial charge in [-0.2, -0.15) is 4.98 Å². The first-order chi connectivity index (χ1) is 6.84. The lowest BCUT2D eigenvalue weighted by Crippen LogP contribution is -2.18. The number of nitrogens with zero attached hydrogens (tertiary/aromatic N) is 1. The molecule has 0 aliphatic heterocycles. The summed E-state index contributed by atoms with van der Waals surface area (Å²) in [4.78, 5) is 4.26. The molecule has 1 fully saturated rings. The van der Waals surface area contributed by atoms with Crippen molar-refractivity contribution >= 4 is 6.01 Å². The molecule has 0 amide bonds. The second-order valence-electron chi connectivity index (χ2n) is 4.13. The van der Waals surface area contributed by atoms with Crippen LogP contribution in [0.4, 0.5) is 6.01 Å². The van der Waals surface area contributed by atoms with Gasteiger partial charge in [-0.05, 0) is 19.8 Å². The van der Waals surface area contributed by atoms with E-state index in [1.807, 2.05) is 6.92 Å². The van der Waals surface area contributed by atoms with Crippen molar-refractivity contribution in [1.82, 2.24) is 4.98 Å². The molecule has 1 heterocycles. The van der Waals surface area contributed by atoms with Crippen LogP contribution in [0.15, 0.2) is 10.7 Å². The lowest BCUT2D eigenvalue weighted by molar-refractivity contribution is 0.536. The highest BCUT2D eigenvalue weighted by atomic mass is 16.4. The molecule has 0 atom stereocenters. The average Bonchev–Trinajstić information content (AvgIpc) is 2.43. The first kappa shape index (κ1) is 9.56. The van der Waals surface area contributed by atoms with Gasteiger partial charge in [0.1, 0.15) is 6.26 Å². The van der Waals surface area contributed by atoms with Crippen molar-refractivity contribution in [3.05, 3.63) is 12.0 Å². The van der Waals surface area contributed by atoms with Crippen molar-refractivity contribution < 1.29 is 4.42 Å². The Morgan fingerprint density at radius 2 is 2.00 bits per heavy atom. The molecule has 0 radical (unpaired) electrons.